The number of nitrogens with zero attached hydrogens (tertiary/aromatic N) is 2. The minimum absolute atomic E-state index is 0.207. The molecule has 1 aliphatic heterocycles. The molecular formula is C8H17N3. The Bertz CT molecular complexity index is 178. The molecule has 3 heteroatoms. The maximum absolute atomic E-state index is 3.26. The predicted molar refractivity (Wildman–Crippen MR) is 46.2 cm³/mol. The summed E-state index contributed by atoms with van der Waals surface area (Å²) in [5, 5.41) is 3.99. The van der Waals surface area contributed by atoms with Crippen LogP contribution in [0.1, 0.15) is 20.8 Å². The quantitative estimate of drug-likeness (QED) is 0.566. The van der Waals surface area contributed by atoms with E-state index in [9.17, 15) is 0 Å². The lowest BCUT2D eigenvalue weighted by molar-refractivity contribution is 0.0594. The van der Waals surface area contributed by atoms with E-state index in [2.05, 4.69) is 32.4 Å². The molecule has 1 N–H and O–H groups in total. The summed E-state index contributed by atoms with van der Waals surface area (Å²) in [7, 11) is 4.01. The third-order valence-electron chi connectivity index (χ3n) is 1.88. The molecular weight excluding hydrogens is 138 g/mol. The molecule has 64 valence electrons. The molecule has 1 aliphatic rings. The molecule has 1 rings (SSSR count). The zero-order valence-corrected chi connectivity index (χ0v) is 7.97. The molecule has 1 heterocycles. The van der Waals surface area contributed by atoms with Crippen LogP contribution >= 0.6 is 0 Å². The Labute approximate surface area is 68.6 Å². The van der Waals surface area contributed by atoms with Crippen LogP contribution < -0.4 is 5.43 Å². The Kier molecular flexibility index (Phi) is 1.84. The van der Waals surface area contributed by atoms with Crippen LogP contribution in [0.4, 0.5) is 0 Å². The normalized spacial score (nSPS) is 20.1. The first kappa shape index (κ1) is 8.40. The molecule has 0 aromatic carbocycles. The second kappa shape index (κ2) is 2.41. The van der Waals surface area contributed by atoms with Gasteiger partial charge in [-0.25, -0.2) is 0 Å². The van der Waals surface area contributed by atoms with Crippen molar-refractivity contribution in [3.63, 3.8) is 0 Å². The first-order chi connectivity index (χ1) is 4.91. The SMILES string of the molecule is CN1C=C(C(C)(C)C)NN1C. The molecule has 0 saturated carbocycles. The monoisotopic (exact) mass is 155 g/mol. The van der Waals surface area contributed by atoms with Gasteiger partial charge in [-0.1, -0.05) is 20.8 Å². The van der Waals surface area contributed by atoms with Crippen molar-refractivity contribution in [1.29, 1.82) is 0 Å². The lowest BCUT2D eigenvalue weighted by Crippen LogP contribution is -2.37. The number of hydrogen-bond acceptors (Lipinski definition) is 3. The van der Waals surface area contributed by atoms with Crippen molar-refractivity contribution in [2.24, 2.45) is 5.41 Å². The second-order valence-electron chi connectivity index (χ2n) is 4.00. The van der Waals surface area contributed by atoms with Crippen LogP contribution in [0.5, 0.6) is 0 Å². The Morgan fingerprint density at radius 2 is 1.82 bits per heavy atom. The molecule has 3 nitrogen and oxygen atoms in total. The van der Waals surface area contributed by atoms with Crippen LogP contribution in [-0.2, 0) is 0 Å². The highest BCUT2D eigenvalue weighted by molar-refractivity contribution is 5.09. The highest BCUT2D eigenvalue weighted by atomic mass is 15.8. The fourth-order valence-corrected chi connectivity index (χ4v) is 0.917. The van der Waals surface area contributed by atoms with Crippen molar-refractivity contribution in [1.82, 2.24) is 15.6 Å². The summed E-state index contributed by atoms with van der Waals surface area (Å²) in [6.45, 7) is 6.58. The smallest absolute Gasteiger partial charge is 0.0509 e. The second-order valence-corrected chi connectivity index (χ2v) is 4.00. The Hall–Kier alpha value is -0.700. The molecule has 0 aliphatic carbocycles. The highest BCUT2D eigenvalue weighted by Crippen LogP contribution is 2.25. The van der Waals surface area contributed by atoms with Gasteiger partial charge in [0.05, 0.1) is 5.70 Å². The highest BCUT2D eigenvalue weighted by Gasteiger charge is 2.24. The van der Waals surface area contributed by atoms with E-state index in [1.807, 2.05) is 24.2 Å². The lowest BCUT2D eigenvalue weighted by Gasteiger charge is -2.23. The van der Waals surface area contributed by atoms with Crippen molar-refractivity contribution >= 4 is 0 Å². The van der Waals surface area contributed by atoms with E-state index in [0.717, 1.165) is 0 Å². The van der Waals surface area contributed by atoms with E-state index in [1.165, 1.54) is 5.70 Å². The summed E-state index contributed by atoms with van der Waals surface area (Å²) >= 11 is 0. The van der Waals surface area contributed by atoms with Crippen LogP contribution in [-0.4, -0.2) is 24.2 Å². The van der Waals surface area contributed by atoms with Gasteiger partial charge >= 0.3 is 0 Å². The Balaban J connectivity index is 2.71. The summed E-state index contributed by atoms with van der Waals surface area (Å²) < 4.78 is 0. The average Bonchev–Trinajstić information content (AvgIpc) is 2.11. The standard InChI is InChI=1S/C8H17N3/c1-8(2,3)7-6-10(4)11(5)9-7/h6,9H,1-5H3. The van der Waals surface area contributed by atoms with Crippen LogP contribution in [0.15, 0.2) is 11.9 Å². The lowest BCUT2D eigenvalue weighted by atomic mass is 9.93. The van der Waals surface area contributed by atoms with Gasteiger partial charge in [0, 0.05) is 25.7 Å². The van der Waals surface area contributed by atoms with Gasteiger partial charge in [0.15, 0.2) is 0 Å². The van der Waals surface area contributed by atoms with Crippen molar-refractivity contribution < 1.29 is 0 Å². The van der Waals surface area contributed by atoms with Crippen molar-refractivity contribution in [3.05, 3.63) is 11.9 Å². The predicted octanol–water partition coefficient (Wildman–Crippen LogP) is 1.17. The van der Waals surface area contributed by atoms with Crippen molar-refractivity contribution in [3.8, 4) is 0 Å². The third-order valence-corrected chi connectivity index (χ3v) is 1.88. The van der Waals surface area contributed by atoms with E-state index in [4.69, 9.17) is 0 Å². The van der Waals surface area contributed by atoms with Gasteiger partial charge in [0.2, 0.25) is 0 Å². The minimum atomic E-state index is 0.207. The fourth-order valence-electron chi connectivity index (χ4n) is 0.917. The third kappa shape index (κ3) is 1.66. The van der Waals surface area contributed by atoms with Crippen LogP contribution in [0.3, 0.4) is 0 Å². The summed E-state index contributed by atoms with van der Waals surface area (Å²) in [5.74, 6) is 0. The molecule has 0 aromatic rings. The van der Waals surface area contributed by atoms with Crippen molar-refractivity contribution in [2.45, 2.75) is 20.8 Å². The van der Waals surface area contributed by atoms with Gasteiger partial charge in [-0.2, -0.15) is 0 Å². The van der Waals surface area contributed by atoms with E-state index < -0.39 is 0 Å². The van der Waals surface area contributed by atoms with Gasteiger partial charge in [-0.15, -0.1) is 5.12 Å². The molecule has 0 radical (unpaired) electrons. The first-order valence-corrected chi connectivity index (χ1v) is 3.86. The van der Waals surface area contributed by atoms with E-state index in [0.29, 0.717) is 0 Å². The van der Waals surface area contributed by atoms with Gasteiger partial charge in [0.1, 0.15) is 0 Å². The molecule has 0 unspecified atom stereocenters. The van der Waals surface area contributed by atoms with Crippen LogP contribution in [0.25, 0.3) is 0 Å². The summed E-state index contributed by atoms with van der Waals surface area (Å²) in [5.41, 5.74) is 4.72. The van der Waals surface area contributed by atoms with Gasteiger partial charge < -0.3 is 5.43 Å². The topological polar surface area (TPSA) is 18.5 Å². The van der Waals surface area contributed by atoms with E-state index >= 15 is 0 Å². The Morgan fingerprint density at radius 3 is 2.00 bits per heavy atom. The summed E-state index contributed by atoms with van der Waals surface area (Å²) in [6, 6.07) is 0. The molecule has 0 fully saturated rings. The van der Waals surface area contributed by atoms with Gasteiger partial charge in [-0.05, 0) is 0 Å². The number of hydrazine groups is 2. The molecule has 0 atom stereocenters. The summed E-state index contributed by atoms with van der Waals surface area (Å²) in [6.07, 6.45) is 2.11. The van der Waals surface area contributed by atoms with Crippen LogP contribution in [0.2, 0.25) is 0 Å². The first-order valence-electron chi connectivity index (χ1n) is 3.86. The maximum Gasteiger partial charge on any atom is 0.0509 e. The van der Waals surface area contributed by atoms with Gasteiger partial charge in [0.25, 0.3) is 0 Å². The van der Waals surface area contributed by atoms with E-state index in [-0.39, 0.29) is 5.41 Å². The van der Waals surface area contributed by atoms with Crippen molar-refractivity contribution in [2.75, 3.05) is 14.1 Å². The molecule has 0 bridgehead atoms. The molecule has 11 heavy (non-hydrogen) atoms. The average molecular weight is 155 g/mol. The fraction of sp³-hybridized carbons (Fsp3) is 0.750. The number of nitrogens with one attached hydrogen (secondary N) is 1. The minimum Gasteiger partial charge on any atom is -0.304 e. The number of rotatable bonds is 0. The maximum atomic E-state index is 3.26. The number of allylic oxidation sites excluding steroid dienone is 1. The van der Waals surface area contributed by atoms with E-state index in [1.54, 1.807) is 0 Å². The van der Waals surface area contributed by atoms with Crippen LogP contribution in [0, 0.1) is 5.41 Å². The zero-order chi connectivity index (χ0) is 8.65. The zero-order valence-electron chi connectivity index (χ0n) is 7.97. The molecule has 0 spiro atoms. The Morgan fingerprint density at radius 1 is 1.27 bits per heavy atom. The molecule has 0 saturated heterocycles. The van der Waals surface area contributed by atoms with Gasteiger partial charge in [-0.3, -0.25) is 5.01 Å². The summed E-state index contributed by atoms with van der Waals surface area (Å²) in [4.78, 5) is 0. The number of hydrogen-bond donors (Lipinski definition) is 1. The largest absolute Gasteiger partial charge is 0.304 e. The molecule has 0 aromatic heterocycles. The molecule has 0 amide bonds.